The molecule has 0 saturated carbocycles. The van der Waals surface area contributed by atoms with E-state index in [0.717, 1.165) is 0 Å². The standard InChI is InChI=1S/C23H29N3O5S/c1-4-26(5-2)32(29,30)20-9-10-22(25-11-13-31-14-12-25)21(16-20)23(28)24-19-8-6-7-18(15-19)17(3)27/h6-10,15-16H,4-5,11-14H2,1-3H3,(H,24,28). The van der Waals surface area contributed by atoms with Crippen LogP contribution in [0.5, 0.6) is 0 Å². The second-order valence-corrected chi connectivity index (χ2v) is 9.40. The number of ether oxygens (including phenoxy) is 1. The molecule has 0 radical (unpaired) electrons. The number of morpholine rings is 1. The quantitative estimate of drug-likeness (QED) is 0.610. The minimum atomic E-state index is -3.73. The van der Waals surface area contributed by atoms with E-state index in [9.17, 15) is 18.0 Å². The van der Waals surface area contributed by atoms with E-state index in [0.29, 0.717) is 56.3 Å². The molecule has 1 aliphatic heterocycles. The van der Waals surface area contributed by atoms with Gasteiger partial charge in [-0.3, -0.25) is 9.59 Å². The third-order valence-electron chi connectivity index (χ3n) is 5.43. The first kappa shape index (κ1) is 23.9. The molecule has 8 nitrogen and oxygen atoms in total. The van der Waals surface area contributed by atoms with Crippen LogP contribution in [0.1, 0.15) is 41.5 Å². The zero-order valence-electron chi connectivity index (χ0n) is 18.6. The van der Waals surface area contributed by atoms with Crippen LogP contribution in [0, 0.1) is 0 Å². The number of hydrogen-bond donors (Lipinski definition) is 1. The second kappa shape index (κ2) is 10.2. The third-order valence-corrected chi connectivity index (χ3v) is 7.48. The van der Waals surface area contributed by atoms with Crippen molar-refractivity contribution in [2.45, 2.75) is 25.7 Å². The molecule has 1 saturated heterocycles. The number of carbonyl (C=O) groups is 2. The first-order chi connectivity index (χ1) is 15.3. The zero-order chi connectivity index (χ0) is 23.3. The van der Waals surface area contributed by atoms with Crippen molar-refractivity contribution in [3.63, 3.8) is 0 Å². The molecule has 0 aliphatic carbocycles. The number of Topliss-reactive ketones (excluding diaryl/α,β-unsaturated/α-hetero) is 1. The molecule has 1 fully saturated rings. The van der Waals surface area contributed by atoms with Crippen molar-refractivity contribution < 1.29 is 22.7 Å². The Bertz CT molecular complexity index is 1090. The summed E-state index contributed by atoms with van der Waals surface area (Å²) in [5.74, 6) is -0.550. The monoisotopic (exact) mass is 459 g/mol. The molecule has 1 heterocycles. The summed E-state index contributed by atoms with van der Waals surface area (Å²) < 4.78 is 32.9. The minimum Gasteiger partial charge on any atom is -0.378 e. The maximum atomic E-state index is 13.3. The summed E-state index contributed by atoms with van der Waals surface area (Å²) in [6.07, 6.45) is 0. The highest BCUT2D eigenvalue weighted by Crippen LogP contribution is 2.28. The topological polar surface area (TPSA) is 96.0 Å². The van der Waals surface area contributed by atoms with Gasteiger partial charge >= 0.3 is 0 Å². The SMILES string of the molecule is CCN(CC)S(=O)(=O)c1ccc(N2CCOCC2)c(C(=O)Nc2cccc(C(C)=O)c2)c1. The van der Waals surface area contributed by atoms with E-state index < -0.39 is 15.9 Å². The van der Waals surface area contributed by atoms with Gasteiger partial charge in [-0.25, -0.2) is 8.42 Å². The van der Waals surface area contributed by atoms with Crippen molar-refractivity contribution in [1.82, 2.24) is 4.31 Å². The molecule has 3 rings (SSSR count). The van der Waals surface area contributed by atoms with E-state index in [1.165, 1.54) is 17.3 Å². The first-order valence-corrected chi connectivity index (χ1v) is 12.1. The van der Waals surface area contributed by atoms with Gasteiger partial charge in [0, 0.05) is 43.1 Å². The molecule has 1 N–H and O–H groups in total. The number of sulfonamides is 1. The lowest BCUT2D eigenvalue weighted by atomic mass is 10.1. The van der Waals surface area contributed by atoms with Crippen LogP contribution in [-0.2, 0) is 14.8 Å². The Balaban J connectivity index is 2.02. The van der Waals surface area contributed by atoms with E-state index >= 15 is 0 Å². The van der Waals surface area contributed by atoms with Crippen LogP contribution in [0.4, 0.5) is 11.4 Å². The zero-order valence-corrected chi connectivity index (χ0v) is 19.4. The maximum absolute atomic E-state index is 13.3. The van der Waals surface area contributed by atoms with E-state index in [1.54, 1.807) is 50.2 Å². The van der Waals surface area contributed by atoms with Gasteiger partial charge in [-0.15, -0.1) is 0 Å². The van der Waals surface area contributed by atoms with Gasteiger partial charge in [-0.2, -0.15) is 4.31 Å². The first-order valence-electron chi connectivity index (χ1n) is 10.7. The van der Waals surface area contributed by atoms with Crippen LogP contribution in [0.15, 0.2) is 47.4 Å². The van der Waals surface area contributed by atoms with Gasteiger partial charge in [-0.05, 0) is 37.3 Å². The summed E-state index contributed by atoms with van der Waals surface area (Å²) in [5, 5.41) is 2.81. The number of benzene rings is 2. The lowest BCUT2D eigenvalue weighted by Crippen LogP contribution is -2.37. The van der Waals surface area contributed by atoms with Crippen LogP contribution in [0.25, 0.3) is 0 Å². The molecule has 2 aromatic rings. The average molecular weight is 460 g/mol. The van der Waals surface area contributed by atoms with Crippen molar-refractivity contribution >= 4 is 33.1 Å². The molecule has 0 spiro atoms. The van der Waals surface area contributed by atoms with Gasteiger partial charge in [0.25, 0.3) is 5.91 Å². The number of carbonyl (C=O) groups excluding carboxylic acids is 2. The predicted octanol–water partition coefficient (Wildman–Crippen LogP) is 3.01. The van der Waals surface area contributed by atoms with Gasteiger partial charge in [-0.1, -0.05) is 26.0 Å². The lowest BCUT2D eigenvalue weighted by Gasteiger charge is -2.30. The van der Waals surface area contributed by atoms with Crippen LogP contribution in [0.3, 0.4) is 0 Å². The number of nitrogens with one attached hydrogen (secondary N) is 1. The Kier molecular flexibility index (Phi) is 7.65. The van der Waals surface area contributed by atoms with Crippen molar-refractivity contribution in [1.29, 1.82) is 0 Å². The Hall–Kier alpha value is -2.75. The van der Waals surface area contributed by atoms with E-state index in [2.05, 4.69) is 5.32 Å². The molecule has 1 aliphatic rings. The summed E-state index contributed by atoms with van der Waals surface area (Å²) in [5.41, 5.74) is 1.85. The van der Waals surface area contributed by atoms with Crippen molar-refractivity contribution in [3.8, 4) is 0 Å². The van der Waals surface area contributed by atoms with Crippen LogP contribution >= 0.6 is 0 Å². The number of ketones is 1. The number of amides is 1. The summed E-state index contributed by atoms with van der Waals surface area (Å²) in [6.45, 7) is 7.94. The Morgan fingerprint density at radius 1 is 1.06 bits per heavy atom. The average Bonchev–Trinajstić information content (AvgIpc) is 2.80. The number of hydrogen-bond acceptors (Lipinski definition) is 6. The van der Waals surface area contributed by atoms with E-state index in [-0.39, 0.29) is 16.2 Å². The summed E-state index contributed by atoms with van der Waals surface area (Å²) in [6, 6.07) is 11.3. The van der Waals surface area contributed by atoms with Crippen LogP contribution in [0.2, 0.25) is 0 Å². The predicted molar refractivity (Wildman–Crippen MR) is 124 cm³/mol. The number of rotatable bonds is 8. The third kappa shape index (κ3) is 5.17. The number of nitrogens with zero attached hydrogens (tertiary/aromatic N) is 2. The minimum absolute atomic E-state index is 0.0702. The molecule has 0 unspecified atom stereocenters. The largest absolute Gasteiger partial charge is 0.378 e. The van der Waals surface area contributed by atoms with Gasteiger partial charge in [0.2, 0.25) is 10.0 Å². The van der Waals surface area contributed by atoms with Crippen molar-refractivity contribution in [2.24, 2.45) is 0 Å². The van der Waals surface area contributed by atoms with Gasteiger partial charge in [0.05, 0.1) is 23.7 Å². The van der Waals surface area contributed by atoms with Gasteiger partial charge < -0.3 is 15.0 Å². The molecule has 2 aromatic carbocycles. The van der Waals surface area contributed by atoms with Crippen LogP contribution in [-0.4, -0.2) is 63.8 Å². The molecule has 1 amide bonds. The molecular formula is C23H29N3O5S. The maximum Gasteiger partial charge on any atom is 0.257 e. The summed E-state index contributed by atoms with van der Waals surface area (Å²) in [7, 11) is -3.73. The normalized spacial score (nSPS) is 14.4. The van der Waals surface area contributed by atoms with Crippen molar-refractivity contribution in [2.75, 3.05) is 49.6 Å². The molecule has 9 heteroatoms. The molecule has 0 aromatic heterocycles. The fraction of sp³-hybridized carbons (Fsp3) is 0.391. The molecular weight excluding hydrogens is 430 g/mol. The Morgan fingerprint density at radius 3 is 2.38 bits per heavy atom. The molecule has 0 bridgehead atoms. The van der Waals surface area contributed by atoms with E-state index in [4.69, 9.17) is 4.74 Å². The van der Waals surface area contributed by atoms with Gasteiger partial charge in [0.15, 0.2) is 5.78 Å². The number of anilines is 2. The van der Waals surface area contributed by atoms with E-state index in [1.807, 2.05) is 4.90 Å². The summed E-state index contributed by atoms with van der Waals surface area (Å²) >= 11 is 0. The Morgan fingerprint density at radius 2 is 1.75 bits per heavy atom. The second-order valence-electron chi connectivity index (χ2n) is 7.46. The highest BCUT2D eigenvalue weighted by Gasteiger charge is 2.26. The highest BCUT2D eigenvalue weighted by atomic mass is 32.2. The fourth-order valence-corrected chi connectivity index (χ4v) is 5.15. The highest BCUT2D eigenvalue weighted by molar-refractivity contribution is 7.89. The van der Waals surface area contributed by atoms with Crippen LogP contribution < -0.4 is 10.2 Å². The summed E-state index contributed by atoms with van der Waals surface area (Å²) in [4.78, 5) is 27.1. The smallest absolute Gasteiger partial charge is 0.257 e. The fourth-order valence-electron chi connectivity index (χ4n) is 3.66. The Labute approximate surface area is 189 Å². The van der Waals surface area contributed by atoms with Crippen molar-refractivity contribution in [3.05, 3.63) is 53.6 Å². The molecule has 172 valence electrons. The molecule has 32 heavy (non-hydrogen) atoms. The molecule has 0 atom stereocenters. The lowest BCUT2D eigenvalue weighted by molar-refractivity contribution is 0.101. The van der Waals surface area contributed by atoms with Gasteiger partial charge in [0.1, 0.15) is 0 Å².